The molecule has 0 radical (unpaired) electrons. The monoisotopic (exact) mass is 561 g/mol. The molecule has 0 amide bonds. The SMILES string of the molecule is CC[C@@H](C(=O)Cc1ccc2nc(C)ccc2c1)n1cc(OC)c(-c2cc(Cl)ccc2-n2cc(Cl)nn2)cc1=O. The lowest BCUT2D eigenvalue weighted by molar-refractivity contribution is -0.121. The number of hydrogen-bond donors (Lipinski definition) is 0. The van der Waals surface area contributed by atoms with Crippen LogP contribution < -0.4 is 10.3 Å². The Bertz CT molecular complexity index is 1760. The summed E-state index contributed by atoms with van der Waals surface area (Å²) >= 11 is 12.3. The van der Waals surface area contributed by atoms with Crippen LogP contribution >= 0.6 is 23.2 Å². The lowest BCUT2D eigenvalue weighted by atomic mass is 9.99. The number of carbonyl (C=O) groups is 1. The Kier molecular flexibility index (Phi) is 7.50. The fraction of sp³-hybridized carbons (Fsp3) is 0.207. The Hall–Kier alpha value is -4.01. The number of fused-ring (bicyclic) bond motifs is 1. The normalized spacial score (nSPS) is 12.0. The quantitative estimate of drug-likeness (QED) is 0.229. The third-order valence-electron chi connectivity index (χ3n) is 6.59. The molecule has 0 unspecified atom stereocenters. The summed E-state index contributed by atoms with van der Waals surface area (Å²) in [4.78, 5) is 31.4. The van der Waals surface area contributed by atoms with Crippen molar-refractivity contribution in [2.75, 3.05) is 7.11 Å². The summed E-state index contributed by atoms with van der Waals surface area (Å²) < 4.78 is 8.62. The molecule has 0 bridgehead atoms. The number of aryl methyl sites for hydroxylation is 1. The van der Waals surface area contributed by atoms with Crippen molar-refractivity contribution in [1.29, 1.82) is 0 Å². The van der Waals surface area contributed by atoms with E-state index in [0.29, 0.717) is 34.0 Å². The summed E-state index contributed by atoms with van der Waals surface area (Å²) in [6, 6.07) is 15.7. The molecule has 8 nitrogen and oxygen atoms in total. The van der Waals surface area contributed by atoms with Crippen molar-refractivity contribution in [3.05, 3.63) is 98.8 Å². The molecule has 0 fully saturated rings. The van der Waals surface area contributed by atoms with E-state index in [1.54, 1.807) is 30.6 Å². The second kappa shape index (κ2) is 11.0. The first-order chi connectivity index (χ1) is 18.8. The second-order valence-corrected chi connectivity index (χ2v) is 10.0. The van der Waals surface area contributed by atoms with Crippen molar-refractivity contribution in [2.45, 2.75) is 32.7 Å². The molecule has 0 saturated carbocycles. The molecule has 0 aliphatic carbocycles. The van der Waals surface area contributed by atoms with Gasteiger partial charge in [-0.3, -0.25) is 14.6 Å². The zero-order valence-corrected chi connectivity index (χ0v) is 23.1. The molecule has 39 heavy (non-hydrogen) atoms. The molecule has 1 atom stereocenters. The van der Waals surface area contributed by atoms with E-state index in [-0.39, 0.29) is 22.9 Å². The molecule has 5 rings (SSSR count). The number of halogens is 2. The van der Waals surface area contributed by atoms with Gasteiger partial charge in [0.25, 0.3) is 5.56 Å². The molecule has 3 aromatic heterocycles. The van der Waals surface area contributed by atoms with Crippen molar-refractivity contribution in [2.24, 2.45) is 0 Å². The zero-order valence-electron chi connectivity index (χ0n) is 21.6. The summed E-state index contributed by atoms with van der Waals surface area (Å²) in [5.41, 5.74) is 4.05. The van der Waals surface area contributed by atoms with E-state index >= 15 is 0 Å². The number of hydrogen-bond acceptors (Lipinski definition) is 6. The molecular formula is C29H25Cl2N5O3. The van der Waals surface area contributed by atoms with Gasteiger partial charge in [-0.15, -0.1) is 5.10 Å². The van der Waals surface area contributed by atoms with Crippen LogP contribution in [0.15, 0.2) is 71.8 Å². The average molecular weight is 562 g/mol. The fourth-order valence-electron chi connectivity index (χ4n) is 4.72. The van der Waals surface area contributed by atoms with E-state index in [1.165, 1.54) is 22.4 Å². The van der Waals surface area contributed by atoms with Crippen LogP contribution in [0, 0.1) is 6.92 Å². The maximum absolute atomic E-state index is 13.5. The molecule has 3 heterocycles. The standard InChI is InChI=1S/C29H25Cl2N5O3/c1-4-24(26(37)12-18-6-9-23-19(11-18)7-5-17(2)32-23)35-15-27(39-3)22(14-29(35)38)21-13-20(30)8-10-25(21)36-16-28(31)33-34-36/h5-11,13-16,24H,4,12H2,1-3H3/t24-/m0/s1. The Labute approximate surface area is 234 Å². The molecular weight excluding hydrogens is 537 g/mol. The minimum absolute atomic E-state index is 0.0745. The van der Waals surface area contributed by atoms with Crippen molar-refractivity contribution >= 4 is 39.9 Å². The molecule has 0 spiro atoms. The topological polar surface area (TPSA) is 91.9 Å². The van der Waals surface area contributed by atoms with Crippen LogP contribution in [-0.4, -0.2) is 37.4 Å². The summed E-state index contributed by atoms with van der Waals surface area (Å²) in [5, 5.41) is 9.54. The van der Waals surface area contributed by atoms with Gasteiger partial charge in [-0.1, -0.05) is 47.5 Å². The van der Waals surface area contributed by atoms with Gasteiger partial charge in [0.1, 0.15) is 5.75 Å². The number of aromatic nitrogens is 5. The minimum atomic E-state index is -0.666. The number of methoxy groups -OCH3 is 1. The van der Waals surface area contributed by atoms with Gasteiger partial charge in [0, 0.05) is 39.7 Å². The first-order valence-corrected chi connectivity index (χ1v) is 13.1. The highest BCUT2D eigenvalue weighted by atomic mass is 35.5. The van der Waals surface area contributed by atoms with E-state index in [1.807, 2.05) is 44.2 Å². The van der Waals surface area contributed by atoms with Crippen molar-refractivity contribution in [1.82, 2.24) is 24.5 Å². The highest BCUT2D eigenvalue weighted by Crippen LogP contribution is 2.35. The molecule has 10 heteroatoms. The number of benzene rings is 2. The number of rotatable bonds is 8. The highest BCUT2D eigenvalue weighted by molar-refractivity contribution is 6.31. The van der Waals surface area contributed by atoms with Crippen molar-refractivity contribution in [3.63, 3.8) is 0 Å². The number of Topliss-reactive ketones (excluding diaryl/α,β-unsaturated/α-hetero) is 1. The Morgan fingerprint density at radius 1 is 1.03 bits per heavy atom. The van der Waals surface area contributed by atoms with Gasteiger partial charge in [-0.25, -0.2) is 4.68 Å². The van der Waals surface area contributed by atoms with Gasteiger partial charge in [0.2, 0.25) is 0 Å². The van der Waals surface area contributed by atoms with Gasteiger partial charge in [0.15, 0.2) is 10.9 Å². The molecule has 0 saturated heterocycles. The predicted molar refractivity (Wildman–Crippen MR) is 152 cm³/mol. The first kappa shape index (κ1) is 26.6. The van der Waals surface area contributed by atoms with Crippen LogP contribution in [-0.2, 0) is 11.2 Å². The zero-order chi connectivity index (χ0) is 27.7. The number of nitrogens with zero attached hydrogens (tertiary/aromatic N) is 5. The Balaban J connectivity index is 1.51. The third-order valence-corrected chi connectivity index (χ3v) is 7.00. The average Bonchev–Trinajstić information content (AvgIpc) is 3.35. The lowest BCUT2D eigenvalue weighted by Crippen LogP contribution is -2.30. The first-order valence-electron chi connectivity index (χ1n) is 12.3. The maximum atomic E-state index is 13.5. The van der Waals surface area contributed by atoms with Crippen LogP contribution in [0.25, 0.3) is 27.7 Å². The van der Waals surface area contributed by atoms with Crippen LogP contribution in [0.2, 0.25) is 10.2 Å². The summed E-state index contributed by atoms with van der Waals surface area (Å²) in [6.07, 6.45) is 3.76. The maximum Gasteiger partial charge on any atom is 0.252 e. The molecule has 0 aliphatic rings. The van der Waals surface area contributed by atoms with Gasteiger partial charge in [0.05, 0.1) is 36.7 Å². The largest absolute Gasteiger partial charge is 0.495 e. The lowest BCUT2D eigenvalue weighted by Gasteiger charge is -2.20. The van der Waals surface area contributed by atoms with Crippen molar-refractivity contribution < 1.29 is 9.53 Å². The highest BCUT2D eigenvalue weighted by Gasteiger charge is 2.23. The van der Waals surface area contributed by atoms with E-state index in [2.05, 4.69) is 15.3 Å². The Morgan fingerprint density at radius 2 is 1.85 bits per heavy atom. The van der Waals surface area contributed by atoms with Crippen LogP contribution in [0.5, 0.6) is 5.75 Å². The summed E-state index contributed by atoms with van der Waals surface area (Å²) in [7, 11) is 1.51. The number of carbonyl (C=O) groups excluding carboxylic acids is 1. The summed E-state index contributed by atoms with van der Waals surface area (Å²) in [6.45, 7) is 3.82. The number of ether oxygens (including phenoxy) is 1. The van der Waals surface area contributed by atoms with Gasteiger partial charge >= 0.3 is 0 Å². The van der Waals surface area contributed by atoms with Crippen LogP contribution in [0.1, 0.15) is 30.6 Å². The smallest absolute Gasteiger partial charge is 0.252 e. The Morgan fingerprint density at radius 3 is 2.56 bits per heavy atom. The van der Waals surface area contributed by atoms with Crippen LogP contribution in [0.4, 0.5) is 0 Å². The molecule has 198 valence electrons. The van der Waals surface area contributed by atoms with Crippen molar-refractivity contribution in [3.8, 4) is 22.6 Å². The molecule has 5 aromatic rings. The van der Waals surface area contributed by atoms with E-state index in [4.69, 9.17) is 27.9 Å². The predicted octanol–water partition coefficient (Wildman–Crippen LogP) is 6.03. The number of pyridine rings is 2. The van der Waals surface area contributed by atoms with Crippen LogP contribution in [0.3, 0.4) is 0 Å². The van der Waals surface area contributed by atoms with E-state index < -0.39 is 6.04 Å². The third kappa shape index (κ3) is 5.44. The number of ketones is 1. The molecule has 2 aromatic carbocycles. The minimum Gasteiger partial charge on any atom is -0.495 e. The second-order valence-electron chi connectivity index (χ2n) is 9.20. The van der Waals surface area contributed by atoms with Gasteiger partial charge < -0.3 is 9.30 Å². The van der Waals surface area contributed by atoms with Gasteiger partial charge in [-0.2, -0.15) is 0 Å². The fourth-order valence-corrected chi connectivity index (χ4v) is 5.01. The van der Waals surface area contributed by atoms with Gasteiger partial charge in [-0.05, 0) is 55.3 Å². The van der Waals surface area contributed by atoms with E-state index in [0.717, 1.165) is 22.2 Å². The molecule has 0 aliphatic heterocycles. The van der Waals surface area contributed by atoms with E-state index in [9.17, 15) is 9.59 Å². The molecule has 0 N–H and O–H groups in total. The summed E-state index contributed by atoms with van der Waals surface area (Å²) in [5.74, 6) is 0.331.